The quantitative estimate of drug-likeness (QED) is 0.543. The van der Waals surface area contributed by atoms with Crippen LogP contribution in [0.25, 0.3) is 6.08 Å². The van der Waals surface area contributed by atoms with Gasteiger partial charge in [-0.2, -0.15) is 0 Å². The topological polar surface area (TPSA) is 0 Å². The Hall–Kier alpha value is -0.970. The van der Waals surface area contributed by atoms with Gasteiger partial charge >= 0.3 is 0 Å². The van der Waals surface area contributed by atoms with Crippen LogP contribution >= 0.6 is 12.4 Å². The zero-order chi connectivity index (χ0) is 6.53. The molecular weight excluding hydrogens is 144 g/mol. The minimum atomic E-state index is 0. The summed E-state index contributed by atoms with van der Waals surface area (Å²) in [4.78, 5) is 0. The maximum atomic E-state index is 3.48. The summed E-state index contributed by atoms with van der Waals surface area (Å²) in [7, 11) is 0. The van der Waals surface area contributed by atoms with Crippen LogP contribution in [0.3, 0.4) is 0 Å². The normalized spacial score (nSPS) is 7.20. The fraction of sp³-hybridized carbons (Fsp3) is 0. The fourth-order valence-electron chi connectivity index (χ4n) is 0.667. The molecule has 0 amide bonds. The minimum Gasteiger partial charge on any atom is -0.147 e. The van der Waals surface area contributed by atoms with Crippen molar-refractivity contribution in [2.75, 3.05) is 0 Å². The monoisotopic (exact) mass is 152 g/mol. The summed E-state index contributed by atoms with van der Waals surface area (Å²) in [5, 5.41) is 0. The van der Waals surface area contributed by atoms with Crippen molar-refractivity contribution < 1.29 is 0 Å². The van der Waals surface area contributed by atoms with Crippen molar-refractivity contribution in [2.45, 2.75) is 0 Å². The van der Waals surface area contributed by atoms with Crippen LogP contribution in [0.1, 0.15) is 5.56 Å². The summed E-state index contributed by atoms with van der Waals surface area (Å²) in [6, 6.07) is 9.99. The first kappa shape index (κ1) is 9.03. The smallest absolute Gasteiger partial charge is 0.0133 e. The Morgan fingerprint density at radius 3 is 2.30 bits per heavy atom. The molecule has 0 aromatic heterocycles. The lowest BCUT2D eigenvalue weighted by atomic mass is 10.2. The molecule has 0 aliphatic heterocycles. The Labute approximate surface area is 67.3 Å². The first-order valence-electron chi connectivity index (χ1n) is 2.84. The minimum absolute atomic E-state index is 0. The molecule has 0 saturated carbocycles. The van der Waals surface area contributed by atoms with Crippen LogP contribution in [-0.4, -0.2) is 0 Å². The zero-order valence-corrected chi connectivity index (χ0v) is 6.40. The Kier molecular flexibility index (Phi) is 4.39. The van der Waals surface area contributed by atoms with Crippen molar-refractivity contribution in [3.63, 3.8) is 0 Å². The van der Waals surface area contributed by atoms with Crippen molar-refractivity contribution in [1.82, 2.24) is 0 Å². The molecule has 0 heterocycles. The van der Waals surface area contributed by atoms with Crippen LogP contribution < -0.4 is 0 Å². The van der Waals surface area contributed by atoms with E-state index in [0.29, 0.717) is 0 Å². The summed E-state index contributed by atoms with van der Waals surface area (Å²) in [6.07, 6.45) is 1.85. The Morgan fingerprint density at radius 2 is 1.80 bits per heavy atom. The van der Waals surface area contributed by atoms with Crippen molar-refractivity contribution in [3.05, 3.63) is 48.2 Å². The van der Waals surface area contributed by atoms with Crippen molar-refractivity contribution in [1.29, 1.82) is 0 Å². The molecule has 1 aromatic rings. The summed E-state index contributed by atoms with van der Waals surface area (Å²) in [5.41, 5.74) is 3.85. The average Bonchev–Trinajstić information content (AvgIpc) is 1.91. The SMILES string of the molecule is C=C=Cc1ccccc1.Cl. The van der Waals surface area contributed by atoms with Gasteiger partial charge in [0.25, 0.3) is 0 Å². The molecule has 0 saturated heterocycles. The molecule has 0 radical (unpaired) electrons. The molecule has 0 spiro atoms. The lowest BCUT2D eigenvalue weighted by Crippen LogP contribution is -1.64. The van der Waals surface area contributed by atoms with E-state index >= 15 is 0 Å². The molecule has 0 nitrogen and oxygen atoms in total. The van der Waals surface area contributed by atoms with Gasteiger partial charge in [-0.15, -0.1) is 18.1 Å². The predicted octanol–water partition coefficient (Wildman–Crippen LogP) is 2.91. The number of rotatable bonds is 1. The van der Waals surface area contributed by atoms with E-state index in [2.05, 4.69) is 12.3 Å². The van der Waals surface area contributed by atoms with Gasteiger partial charge in [0.15, 0.2) is 0 Å². The predicted molar refractivity (Wildman–Crippen MR) is 47.3 cm³/mol. The largest absolute Gasteiger partial charge is 0.147 e. The van der Waals surface area contributed by atoms with E-state index in [1.807, 2.05) is 36.4 Å². The maximum Gasteiger partial charge on any atom is -0.0133 e. The van der Waals surface area contributed by atoms with E-state index in [4.69, 9.17) is 0 Å². The van der Waals surface area contributed by atoms with Crippen LogP contribution in [0.2, 0.25) is 0 Å². The van der Waals surface area contributed by atoms with E-state index in [0.717, 1.165) is 5.56 Å². The molecule has 1 heteroatoms. The number of benzene rings is 1. The molecule has 0 aliphatic carbocycles. The average molecular weight is 153 g/mol. The molecule has 0 fully saturated rings. The third kappa shape index (κ3) is 2.54. The van der Waals surface area contributed by atoms with Gasteiger partial charge in [0.05, 0.1) is 0 Å². The zero-order valence-electron chi connectivity index (χ0n) is 5.58. The first-order chi connectivity index (χ1) is 4.43. The molecule has 10 heavy (non-hydrogen) atoms. The number of hydrogen-bond donors (Lipinski definition) is 0. The van der Waals surface area contributed by atoms with Gasteiger partial charge in [-0.1, -0.05) is 36.9 Å². The van der Waals surface area contributed by atoms with Gasteiger partial charge in [0.1, 0.15) is 0 Å². The number of halogens is 1. The molecule has 0 unspecified atom stereocenters. The summed E-state index contributed by atoms with van der Waals surface area (Å²) in [5.74, 6) is 0. The second-order valence-electron chi connectivity index (χ2n) is 1.76. The molecule has 1 aromatic carbocycles. The van der Waals surface area contributed by atoms with Gasteiger partial charge in [0, 0.05) is 0 Å². The fourth-order valence-corrected chi connectivity index (χ4v) is 0.667. The van der Waals surface area contributed by atoms with Gasteiger partial charge in [0.2, 0.25) is 0 Å². The lowest BCUT2D eigenvalue weighted by Gasteiger charge is -1.85. The molecule has 0 aliphatic rings. The molecule has 1 rings (SSSR count). The van der Waals surface area contributed by atoms with Crippen molar-refractivity contribution in [2.24, 2.45) is 0 Å². The molecule has 52 valence electrons. The summed E-state index contributed by atoms with van der Waals surface area (Å²) < 4.78 is 0. The third-order valence-electron chi connectivity index (χ3n) is 1.07. The van der Waals surface area contributed by atoms with E-state index < -0.39 is 0 Å². The maximum absolute atomic E-state index is 3.48. The van der Waals surface area contributed by atoms with Gasteiger partial charge in [-0.05, 0) is 11.6 Å². The second-order valence-corrected chi connectivity index (χ2v) is 1.76. The highest BCUT2D eigenvalue weighted by molar-refractivity contribution is 5.85. The van der Waals surface area contributed by atoms with Crippen LogP contribution in [0.15, 0.2) is 42.6 Å². The van der Waals surface area contributed by atoms with Gasteiger partial charge in [-0.3, -0.25) is 0 Å². The van der Waals surface area contributed by atoms with E-state index in [1.54, 1.807) is 0 Å². The van der Waals surface area contributed by atoms with E-state index in [-0.39, 0.29) is 12.4 Å². The van der Waals surface area contributed by atoms with Crippen LogP contribution in [0.5, 0.6) is 0 Å². The third-order valence-corrected chi connectivity index (χ3v) is 1.07. The van der Waals surface area contributed by atoms with Crippen LogP contribution in [0.4, 0.5) is 0 Å². The Morgan fingerprint density at radius 1 is 1.20 bits per heavy atom. The Bertz CT molecular complexity index is 220. The number of hydrogen-bond acceptors (Lipinski definition) is 0. The first-order valence-corrected chi connectivity index (χ1v) is 2.84. The second kappa shape index (κ2) is 4.87. The summed E-state index contributed by atoms with van der Waals surface area (Å²) >= 11 is 0. The standard InChI is InChI=1S/C9H8.ClH/c1-2-6-9-7-4-3-5-8-9;/h3-8H,1H2;1H. The highest BCUT2D eigenvalue weighted by atomic mass is 35.5. The van der Waals surface area contributed by atoms with Crippen molar-refractivity contribution >= 4 is 18.5 Å². The lowest BCUT2D eigenvalue weighted by molar-refractivity contribution is 1.66. The Balaban J connectivity index is 0.000000810. The molecular formula is C9H9Cl. The highest BCUT2D eigenvalue weighted by Gasteiger charge is 1.77. The highest BCUT2D eigenvalue weighted by Crippen LogP contribution is 1.98. The van der Waals surface area contributed by atoms with Crippen LogP contribution in [-0.2, 0) is 0 Å². The van der Waals surface area contributed by atoms with E-state index in [1.165, 1.54) is 0 Å². The van der Waals surface area contributed by atoms with Gasteiger partial charge < -0.3 is 0 Å². The molecule has 0 atom stereocenters. The van der Waals surface area contributed by atoms with Gasteiger partial charge in [-0.25, -0.2) is 0 Å². The van der Waals surface area contributed by atoms with Crippen LogP contribution in [0, 0.1) is 0 Å². The molecule has 0 bridgehead atoms. The molecule has 0 N–H and O–H groups in total. The van der Waals surface area contributed by atoms with Crippen molar-refractivity contribution in [3.8, 4) is 0 Å². The van der Waals surface area contributed by atoms with E-state index in [9.17, 15) is 0 Å². The summed E-state index contributed by atoms with van der Waals surface area (Å²) in [6.45, 7) is 3.48.